The van der Waals surface area contributed by atoms with Crippen LogP contribution in [0.1, 0.15) is 6.92 Å². The van der Waals surface area contributed by atoms with E-state index in [1.807, 2.05) is 49.4 Å². The molecule has 0 radical (unpaired) electrons. The van der Waals surface area contributed by atoms with Gasteiger partial charge in [-0.05, 0) is 31.2 Å². The summed E-state index contributed by atoms with van der Waals surface area (Å²) >= 11 is 0. The van der Waals surface area contributed by atoms with Crippen LogP contribution in [0.5, 0.6) is 11.5 Å². The molecule has 0 fully saturated rings. The lowest BCUT2D eigenvalue weighted by Crippen LogP contribution is -2.45. The van der Waals surface area contributed by atoms with Crippen LogP contribution in [-0.4, -0.2) is 46.2 Å². The van der Waals surface area contributed by atoms with Gasteiger partial charge in [-0.3, -0.25) is 14.2 Å². The molecular weight excluding hydrogens is 398 g/mol. The number of carbonyl (C=O) groups is 1. The van der Waals surface area contributed by atoms with Crippen molar-refractivity contribution in [3.05, 3.63) is 65.2 Å². The molecule has 1 aliphatic heterocycles. The molecule has 0 spiro atoms. The van der Waals surface area contributed by atoms with Crippen LogP contribution < -0.4 is 15.0 Å². The van der Waals surface area contributed by atoms with Crippen molar-refractivity contribution in [1.82, 2.24) is 14.5 Å². The van der Waals surface area contributed by atoms with Gasteiger partial charge in [0.2, 0.25) is 11.5 Å². The van der Waals surface area contributed by atoms with Crippen molar-refractivity contribution < 1.29 is 18.7 Å². The Labute approximate surface area is 177 Å². The number of furan rings is 1. The van der Waals surface area contributed by atoms with Crippen molar-refractivity contribution >= 4 is 28.0 Å². The maximum Gasteiger partial charge on any atom is 0.297 e. The highest BCUT2D eigenvalue weighted by molar-refractivity contribution is 6.01. The van der Waals surface area contributed by atoms with Gasteiger partial charge >= 0.3 is 0 Å². The number of aromatic nitrogens is 2. The Hall–Kier alpha value is -3.81. The van der Waals surface area contributed by atoms with E-state index < -0.39 is 0 Å². The summed E-state index contributed by atoms with van der Waals surface area (Å²) in [6, 6.07) is 14.8. The molecule has 8 nitrogen and oxygen atoms in total. The molecule has 1 amide bonds. The summed E-state index contributed by atoms with van der Waals surface area (Å²) in [6.07, 6.45) is 1.11. The topological polar surface area (TPSA) is 86.8 Å². The minimum absolute atomic E-state index is 0.128. The molecule has 0 aliphatic carbocycles. The third kappa shape index (κ3) is 3.50. The maximum absolute atomic E-state index is 12.9. The van der Waals surface area contributed by atoms with Crippen LogP contribution >= 0.6 is 0 Å². The van der Waals surface area contributed by atoms with Crippen LogP contribution in [0.4, 0.5) is 0 Å². The zero-order valence-electron chi connectivity index (χ0n) is 17.0. The number of rotatable bonds is 5. The fourth-order valence-corrected chi connectivity index (χ4v) is 3.78. The van der Waals surface area contributed by atoms with Gasteiger partial charge in [-0.2, -0.15) is 0 Å². The average Bonchev–Trinajstić information content (AvgIpc) is 3.18. The van der Waals surface area contributed by atoms with Crippen LogP contribution in [-0.2, 0) is 11.3 Å². The number of fused-ring (bicyclic) bond motifs is 4. The minimum Gasteiger partial charge on any atom is -0.486 e. The van der Waals surface area contributed by atoms with E-state index in [9.17, 15) is 9.59 Å². The average molecular weight is 419 g/mol. The van der Waals surface area contributed by atoms with Crippen LogP contribution in [0.3, 0.4) is 0 Å². The second-order valence-corrected chi connectivity index (χ2v) is 7.38. The predicted molar refractivity (Wildman–Crippen MR) is 114 cm³/mol. The molecule has 1 unspecified atom stereocenters. The zero-order chi connectivity index (χ0) is 21.4. The molecular formula is C23H21N3O5. The molecule has 0 saturated heterocycles. The monoisotopic (exact) mass is 419 g/mol. The minimum atomic E-state index is -0.378. The third-order valence-corrected chi connectivity index (χ3v) is 5.38. The summed E-state index contributed by atoms with van der Waals surface area (Å²) in [5, 5.41) is 0.776. The fourth-order valence-electron chi connectivity index (χ4n) is 3.78. The van der Waals surface area contributed by atoms with Gasteiger partial charge in [-0.15, -0.1) is 0 Å². The van der Waals surface area contributed by atoms with Crippen molar-refractivity contribution in [3.63, 3.8) is 0 Å². The van der Waals surface area contributed by atoms with Crippen LogP contribution in [0.25, 0.3) is 22.1 Å². The number of hydrogen-bond acceptors (Lipinski definition) is 6. The molecule has 2 aromatic carbocycles. The Morgan fingerprint density at radius 3 is 2.77 bits per heavy atom. The Morgan fingerprint density at radius 2 is 1.94 bits per heavy atom. The largest absolute Gasteiger partial charge is 0.486 e. The van der Waals surface area contributed by atoms with E-state index >= 15 is 0 Å². The van der Waals surface area contributed by atoms with Crippen LogP contribution in [0.2, 0.25) is 0 Å². The number of para-hydroxylation sites is 3. The first kappa shape index (κ1) is 19.2. The van der Waals surface area contributed by atoms with Gasteiger partial charge in [0.15, 0.2) is 17.6 Å². The van der Waals surface area contributed by atoms with E-state index in [1.165, 1.54) is 10.9 Å². The molecule has 4 aromatic rings. The van der Waals surface area contributed by atoms with Gasteiger partial charge in [0.1, 0.15) is 24.3 Å². The first-order valence-corrected chi connectivity index (χ1v) is 10.2. The highest BCUT2D eigenvalue weighted by Crippen LogP contribution is 2.31. The number of hydrogen-bond donors (Lipinski definition) is 0. The Balaban J connectivity index is 1.34. The normalized spacial score (nSPS) is 15.3. The van der Waals surface area contributed by atoms with Gasteiger partial charge < -0.3 is 18.8 Å². The van der Waals surface area contributed by atoms with E-state index in [4.69, 9.17) is 13.9 Å². The van der Waals surface area contributed by atoms with Gasteiger partial charge in [-0.1, -0.05) is 24.3 Å². The van der Waals surface area contributed by atoms with E-state index in [0.717, 1.165) is 5.39 Å². The first-order chi connectivity index (χ1) is 15.1. The number of benzene rings is 2. The standard InChI is InChI=1S/C23H21N3O5/c1-2-25(11-15-13-29-18-9-5-6-10-19(18)30-15)20(27)12-26-14-24-21-16-7-3-4-8-17(16)31-22(21)23(26)28/h3-10,14-15H,2,11-13H2,1H3. The summed E-state index contributed by atoms with van der Waals surface area (Å²) in [5.41, 5.74) is 0.871. The predicted octanol–water partition coefficient (Wildman–Crippen LogP) is 2.83. The van der Waals surface area contributed by atoms with E-state index in [0.29, 0.717) is 42.3 Å². The zero-order valence-corrected chi connectivity index (χ0v) is 17.0. The van der Waals surface area contributed by atoms with Crippen molar-refractivity contribution in [2.24, 2.45) is 0 Å². The second kappa shape index (κ2) is 7.79. The molecule has 3 heterocycles. The summed E-state index contributed by atoms with van der Waals surface area (Å²) in [7, 11) is 0. The van der Waals surface area contributed by atoms with Crippen molar-refractivity contribution in [2.45, 2.75) is 19.6 Å². The van der Waals surface area contributed by atoms with E-state index in [2.05, 4.69) is 4.98 Å². The lowest BCUT2D eigenvalue weighted by molar-refractivity contribution is -0.133. The van der Waals surface area contributed by atoms with E-state index in [-0.39, 0.29) is 29.7 Å². The van der Waals surface area contributed by atoms with E-state index in [1.54, 1.807) is 11.0 Å². The van der Waals surface area contributed by atoms with Gasteiger partial charge in [-0.25, -0.2) is 4.98 Å². The molecule has 31 heavy (non-hydrogen) atoms. The van der Waals surface area contributed by atoms with Crippen LogP contribution in [0, 0.1) is 0 Å². The fraction of sp³-hybridized carbons (Fsp3) is 0.261. The third-order valence-electron chi connectivity index (χ3n) is 5.38. The summed E-state index contributed by atoms with van der Waals surface area (Å²) < 4.78 is 18.7. The molecule has 0 saturated carbocycles. The molecule has 5 rings (SSSR count). The summed E-state index contributed by atoms with van der Waals surface area (Å²) in [5.74, 6) is 1.16. The van der Waals surface area contributed by atoms with Crippen molar-refractivity contribution in [2.75, 3.05) is 19.7 Å². The van der Waals surface area contributed by atoms with Crippen molar-refractivity contribution in [3.8, 4) is 11.5 Å². The Bertz CT molecular complexity index is 1330. The molecule has 8 heteroatoms. The molecule has 2 aromatic heterocycles. The highest BCUT2D eigenvalue weighted by atomic mass is 16.6. The lowest BCUT2D eigenvalue weighted by atomic mass is 10.2. The number of nitrogens with zero attached hydrogens (tertiary/aromatic N) is 3. The summed E-state index contributed by atoms with van der Waals surface area (Å²) in [6.45, 7) is 2.96. The molecule has 1 aliphatic rings. The molecule has 0 bridgehead atoms. The summed E-state index contributed by atoms with van der Waals surface area (Å²) in [4.78, 5) is 31.8. The van der Waals surface area contributed by atoms with Gasteiger partial charge in [0, 0.05) is 11.9 Å². The lowest BCUT2D eigenvalue weighted by Gasteiger charge is -2.31. The highest BCUT2D eigenvalue weighted by Gasteiger charge is 2.25. The van der Waals surface area contributed by atoms with Gasteiger partial charge in [0.05, 0.1) is 12.9 Å². The number of ether oxygens (including phenoxy) is 2. The Kier molecular flexibility index (Phi) is 4.82. The Morgan fingerprint density at radius 1 is 1.16 bits per heavy atom. The van der Waals surface area contributed by atoms with Crippen molar-refractivity contribution in [1.29, 1.82) is 0 Å². The quantitative estimate of drug-likeness (QED) is 0.494. The number of carbonyl (C=O) groups excluding carboxylic acids is 1. The SMILES string of the molecule is CCN(CC1COc2ccccc2O1)C(=O)Cn1cnc2c(oc3ccccc32)c1=O. The van der Waals surface area contributed by atoms with Gasteiger partial charge in [0.25, 0.3) is 5.56 Å². The molecule has 158 valence electrons. The maximum atomic E-state index is 12.9. The second-order valence-electron chi connectivity index (χ2n) is 7.38. The smallest absolute Gasteiger partial charge is 0.297 e. The number of amides is 1. The molecule has 0 N–H and O–H groups in total. The van der Waals surface area contributed by atoms with Crippen LogP contribution in [0.15, 0.2) is 64.1 Å². The number of likely N-dealkylation sites (N-methyl/N-ethyl adjacent to an activating group) is 1. The first-order valence-electron chi connectivity index (χ1n) is 10.2. The molecule has 1 atom stereocenters.